The number of fused-ring (bicyclic) bond motifs is 2. The number of carbonyl (C=O) groups is 3. The number of amides is 2. The van der Waals surface area contributed by atoms with Gasteiger partial charge in [-0.15, -0.1) is 0 Å². The Hall–Kier alpha value is -4.73. The van der Waals surface area contributed by atoms with Crippen LogP contribution in [0.3, 0.4) is 0 Å². The molecule has 11 heteroatoms. The van der Waals surface area contributed by atoms with Crippen LogP contribution in [0.25, 0.3) is 21.8 Å². The van der Waals surface area contributed by atoms with E-state index in [0.717, 1.165) is 16.6 Å². The van der Waals surface area contributed by atoms with Gasteiger partial charge in [-0.1, -0.05) is 41.4 Å². The molecule has 0 aliphatic heterocycles. The van der Waals surface area contributed by atoms with Crippen LogP contribution in [0.5, 0.6) is 5.75 Å². The second-order valence-electron chi connectivity index (χ2n) is 10.1. The Labute approximate surface area is 263 Å². The molecule has 2 amide bonds. The molecule has 0 atom stereocenters. The number of carbonyl (C=O) groups excluding carboxylic acids is 3. The molecule has 0 saturated heterocycles. The summed E-state index contributed by atoms with van der Waals surface area (Å²) in [6, 6.07) is 19.5. The van der Waals surface area contributed by atoms with Crippen molar-refractivity contribution in [1.82, 2.24) is 15.3 Å². The molecule has 2 heterocycles. The number of aryl methyl sites for hydroxylation is 2. The number of pyridine rings is 2. The molecule has 224 valence electrons. The number of methoxy groups -OCH3 is 1. The number of para-hydroxylation sites is 1. The van der Waals surface area contributed by atoms with Crippen LogP contribution in [0, 0.1) is 13.8 Å². The average molecular weight is 632 g/mol. The van der Waals surface area contributed by atoms with Gasteiger partial charge in [0.15, 0.2) is 5.69 Å². The van der Waals surface area contributed by atoms with E-state index in [1.54, 1.807) is 50.4 Å². The van der Waals surface area contributed by atoms with Crippen LogP contribution in [0.1, 0.15) is 37.7 Å². The van der Waals surface area contributed by atoms with Gasteiger partial charge in [0.05, 0.1) is 29.9 Å². The number of nitrogens with one attached hydrogen (secondary N) is 1. The Morgan fingerprint density at radius 1 is 0.932 bits per heavy atom. The molecule has 44 heavy (non-hydrogen) atoms. The second-order valence-corrected chi connectivity index (χ2v) is 10.9. The van der Waals surface area contributed by atoms with Gasteiger partial charge in [0, 0.05) is 39.7 Å². The highest BCUT2D eigenvalue weighted by Crippen LogP contribution is 2.35. The van der Waals surface area contributed by atoms with Crippen LogP contribution in [0.4, 0.5) is 5.69 Å². The normalized spacial score (nSPS) is 11.0. The zero-order chi connectivity index (χ0) is 31.5. The van der Waals surface area contributed by atoms with Gasteiger partial charge < -0.3 is 19.7 Å². The summed E-state index contributed by atoms with van der Waals surface area (Å²) in [4.78, 5) is 48.3. The highest BCUT2D eigenvalue weighted by Gasteiger charge is 2.20. The van der Waals surface area contributed by atoms with E-state index in [1.807, 2.05) is 37.3 Å². The topological polar surface area (TPSA) is 111 Å². The van der Waals surface area contributed by atoms with Crippen molar-refractivity contribution >= 4 is 68.5 Å². The van der Waals surface area contributed by atoms with E-state index in [1.165, 1.54) is 12.0 Å². The van der Waals surface area contributed by atoms with Crippen molar-refractivity contribution < 1.29 is 23.9 Å². The van der Waals surface area contributed by atoms with E-state index in [9.17, 15) is 14.4 Å². The Morgan fingerprint density at radius 2 is 1.73 bits per heavy atom. The molecule has 5 aromatic rings. The van der Waals surface area contributed by atoms with E-state index in [0.29, 0.717) is 44.1 Å². The third kappa shape index (κ3) is 6.29. The highest BCUT2D eigenvalue weighted by molar-refractivity contribution is 6.38. The Bertz CT molecular complexity index is 1950. The van der Waals surface area contributed by atoms with Crippen LogP contribution < -0.4 is 15.0 Å². The van der Waals surface area contributed by atoms with Crippen LogP contribution in [-0.2, 0) is 16.1 Å². The summed E-state index contributed by atoms with van der Waals surface area (Å²) in [7, 11) is 2.86. The van der Waals surface area contributed by atoms with Gasteiger partial charge in [0.25, 0.3) is 5.91 Å². The van der Waals surface area contributed by atoms with Crippen molar-refractivity contribution in [2.75, 3.05) is 25.6 Å². The lowest BCUT2D eigenvalue weighted by molar-refractivity contribution is -0.117. The molecule has 0 saturated carbocycles. The lowest BCUT2D eigenvalue weighted by atomic mass is 10.1. The Morgan fingerprint density at radius 3 is 2.50 bits per heavy atom. The van der Waals surface area contributed by atoms with Crippen molar-refractivity contribution in [2.45, 2.75) is 20.5 Å². The molecule has 0 radical (unpaired) electrons. The molecular formula is C33H28Cl2N4O5. The predicted octanol–water partition coefficient (Wildman–Crippen LogP) is 6.47. The largest absolute Gasteiger partial charge is 0.487 e. The zero-order valence-corrected chi connectivity index (χ0v) is 25.9. The van der Waals surface area contributed by atoms with Crippen molar-refractivity contribution in [3.8, 4) is 5.75 Å². The standard InChI is InChI=1S/C33H28Cl2N4O5/c1-18-14-22-15-21(10-12-25(22)38-30(18)33(42)43-4)32(41)36-16-28(40)39(3)26-13-11-24(34)23(29(26)35)17-44-27-7-5-6-20-9-8-19(2)37-31(20)27/h5-15H,16-17H2,1-4H3,(H,36,41). The SMILES string of the molecule is COC(=O)c1nc2ccc(C(=O)NCC(=O)N(C)c3ccc(Cl)c(COc4cccc5ccc(C)nc45)c3Cl)cc2cc1C. The quantitative estimate of drug-likeness (QED) is 0.196. The summed E-state index contributed by atoms with van der Waals surface area (Å²) in [5, 5.41) is 4.91. The molecule has 0 aliphatic rings. The maximum Gasteiger partial charge on any atom is 0.356 e. The number of aromatic nitrogens is 2. The Kier molecular flexibility index (Phi) is 8.98. The summed E-state index contributed by atoms with van der Waals surface area (Å²) in [6.45, 7) is 3.42. The lowest BCUT2D eigenvalue weighted by Gasteiger charge is -2.21. The molecule has 5 rings (SSSR count). The minimum absolute atomic E-state index is 0.0520. The first-order valence-electron chi connectivity index (χ1n) is 13.6. The van der Waals surface area contributed by atoms with Crippen LogP contribution >= 0.6 is 23.2 Å². The molecule has 0 spiro atoms. The third-order valence-corrected chi connectivity index (χ3v) is 7.92. The van der Waals surface area contributed by atoms with Crippen molar-refractivity contribution in [3.05, 3.63) is 105 Å². The first-order chi connectivity index (χ1) is 21.1. The fourth-order valence-electron chi connectivity index (χ4n) is 4.70. The van der Waals surface area contributed by atoms with Crippen molar-refractivity contribution in [1.29, 1.82) is 0 Å². The van der Waals surface area contributed by atoms with Crippen molar-refractivity contribution in [2.24, 2.45) is 0 Å². The zero-order valence-electron chi connectivity index (χ0n) is 24.4. The smallest absolute Gasteiger partial charge is 0.356 e. The van der Waals surface area contributed by atoms with Gasteiger partial charge >= 0.3 is 5.97 Å². The molecule has 0 unspecified atom stereocenters. The van der Waals surface area contributed by atoms with Gasteiger partial charge in [-0.25, -0.2) is 14.8 Å². The van der Waals surface area contributed by atoms with E-state index < -0.39 is 17.8 Å². The summed E-state index contributed by atoms with van der Waals surface area (Å²) in [6.07, 6.45) is 0. The number of anilines is 1. The second kappa shape index (κ2) is 12.9. The van der Waals surface area contributed by atoms with Gasteiger partial charge in [-0.2, -0.15) is 0 Å². The third-order valence-electron chi connectivity index (χ3n) is 7.14. The number of hydrogen-bond acceptors (Lipinski definition) is 7. The van der Waals surface area contributed by atoms with Gasteiger partial charge in [-0.3, -0.25) is 9.59 Å². The summed E-state index contributed by atoms with van der Waals surface area (Å²) in [5.74, 6) is -0.798. The first kappa shape index (κ1) is 30.7. The number of nitrogens with zero attached hydrogens (tertiary/aromatic N) is 3. The lowest BCUT2D eigenvalue weighted by Crippen LogP contribution is -2.38. The molecule has 3 aromatic carbocycles. The summed E-state index contributed by atoms with van der Waals surface area (Å²) < 4.78 is 10.9. The van der Waals surface area contributed by atoms with Crippen molar-refractivity contribution in [3.63, 3.8) is 0 Å². The van der Waals surface area contributed by atoms with Gasteiger partial charge in [0.1, 0.15) is 17.9 Å². The monoisotopic (exact) mass is 630 g/mol. The highest BCUT2D eigenvalue weighted by atomic mass is 35.5. The van der Waals surface area contributed by atoms with E-state index >= 15 is 0 Å². The molecule has 9 nitrogen and oxygen atoms in total. The van der Waals surface area contributed by atoms with Crippen LogP contribution in [-0.4, -0.2) is 48.5 Å². The van der Waals surface area contributed by atoms with E-state index in [2.05, 4.69) is 15.3 Å². The van der Waals surface area contributed by atoms with E-state index in [4.69, 9.17) is 32.7 Å². The number of halogens is 2. The molecular weight excluding hydrogens is 603 g/mol. The molecule has 2 aromatic heterocycles. The molecule has 0 fully saturated rings. The number of likely N-dealkylation sites (N-methyl/N-ethyl adjacent to an activating group) is 1. The number of rotatable bonds is 8. The maximum absolute atomic E-state index is 13.1. The number of esters is 1. The first-order valence-corrected chi connectivity index (χ1v) is 14.3. The fraction of sp³-hybridized carbons (Fsp3) is 0.182. The fourth-order valence-corrected chi connectivity index (χ4v) is 5.30. The molecule has 0 bridgehead atoms. The average Bonchev–Trinajstić information content (AvgIpc) is 3.02. The predicted molar refractivity (Wildman–Crippen MR) is 171 cm³/mol. The van der Waals surface area contributed by atoms with Crippen LogP contribution in [0.15, 0.2) is 66.7 Å². The number of hydrogen-bond donors (Lipinski definition) is 1. The minimum Gasteiger partial charge on any atom is -0.487 e. The summed E-state index contributed by atoms with van der Waals surface area (Å²) >= 11 is 13.2. The van der Waals surface area contributed by atoms with Gasteiger partial charge in [0.2, 0.25) is 5.91 Å². The number of ether oxygens (including phenoxy) is 2. The number of benzene rings is 3. The summed E-state index contributed by atoms with van der Waals surface area (Å²) in [5.41, 5.74) is 4.20. The minimum atomic E-state index is -0.536. The molecule has 0 aliphatic carbocycles. The van der Waals surface area contributed by atoms with E-state index in [-0.39, 0.29) is 23.9 Å². The Balaban J connectivity index is 1.27. The van der Waals surface area contributed by atoms with Crippen LogP contribution in [0.2, 0.25) is 10.0 Å². The van der Waals surface area contributed by atoms with Gasteiger partial charge in [-0.05, 0) is 67.9 Å². The maximum atomic E-state index is 13.1. The molecule has 1 N–H and O–H groups in total.